The molecule has 0 radical (unpaired) electrons. The Morgan fingerprint density at radius 1 is 1.75 bits per heavy atom. The normalized spacial score (nSPS) is 12.8. The minimum atomic E-state index is -0.882. The number of rotatable bonds is 4. The Morgan fingerprint density at radius 2 is 2.50 bits per heavy atom. The minimum absolute atomic E-state index is 0.259. The molecule has 3 nitrogen and oxygen atoms in total. The summed E-state index contributed by atoms with van der Waals surface area (Å²) in [6, 6.07) is 1.56. The maximum Gasteiger partial charge on any atom is 0.194 e. The van der Waals surface area contributed by atoms with Crippen molar-refractivity contribution in [1.82, 2.24) is 0 Å². The van der Waals surface area contributed by atoms with Gasteiger partial charge in [0, 0.05) is 0 Å². The summed E-state index contributed by atoms with van der Waals surface area (Å²) in [7, 11) is 0. The largest absolute Gasteiger partial charge is 0.472 e. The van der Waals surface area contributed by atoms with Crippen LogP contribution in [0.25, 0.3) is 0 Å². The fourth-order valence-corrected chi connectivity index (χ4v) is 1.00. The van der Waals surface area contributed by atoms with Crippen LogP contribution in [0.15, 0.2) is 23.0 Å². The maximum atomic E-state index is 11.3. The van der Waals surface area contributed by atoms with E-state index in [0.717, 1.165) is 6.42 Å². The highest BCUT2D eigenvalue weighted by Crippen LogP contribution is 2.07. The van der Waals surface area contributed by atoms with Gasteiger partial charge < -0.3 is 9.52 Å². The Kier molecular flexibility index (Phi) is 3.05. The Morgan fingerprint density at radius 3 is 3.00 bits per heavy atom. The molecule has 1 rings (SSSR count). The van der Waals surface area contributed by atoms with Gasteiger partial charge in [0.25, 0.3) is 0 Å². The molecule has 1 unspecified atom stereocenters. The molecule has 1 atom stereocenters. The molecule has 0 spiro atoms. The van der Waals surface area contributed by atoms with Gasteiger partial charge in [-0.1, -0.05) is 13.3 Å². The minimum Gasteiger partial charge on any atom is -0.472 e. The van der Waals surface area contributed by atoms with E-state index in [0.29, 0.717) is 12.0 Å². The number of hydrogen-bond acceptors (Lipinski definition) is 3. The summed E-state index contributed by atoms with van der Waals surface area (Å²) in [6.07, 6.45) is 3.19. The third-order valence-corrected chi connectivity index (χ3v) is 1.67. The fraction of sp³-hybridized carbons (Fsp3) is 0.444. The summed E-state index contributed by atoms with van der Waals surface area (Å²) < 4.78 is 4.73. The van der Waals surface area contributed by atoms with Crippen LogP contribution in [-0.4, -0.2) is 17.0 Å². The van der Waals surface area contributed by atoms with Crippen LogP contribution in [0.4, 0.5) is 0 Å². The molecule has 0 aliphatic rings. The molecule has 66 valence electrons. The lowest BCUT2D eigenvalue weighted by atomic mass is 10.1. The zero-order chi connectivity index (χ0) is 8.97. The van der Waals surface area contributed by atoms with Crippen molar-refractivity contribution in [2.75, 3.05) is 0 Å². The number of furan rings is 1. The van der Waals surface area contributed by atoms with Gasteiger partial charge in [0.2, 0.25) is 0 Å². The van der Waals surface area contributed by atoms with Gasteiger partial charge in [-0.05, 0) is 12.5 Å². The number of Topliss-reactive ketones (excluding diaryl/α,β-unsaturated/α-hetero) is 1. The van der Waals surface area contributed by atoms with E-state index in [1.165, 1.54) is 12.5 Å². The van der Waals surface area contributed by atoms with Crippen molar-refractivity contribution >= 4 is 5.78 Å². The van der Waals surface area contributed by atoms with Crippen LogP contribution in [0.2, 0.25) is 0 Å². The highest BCUT2D eigenvalue weighted by Gasteiger charge is 2.16. The van der Waals surface area contributed by atoms with Crippen LogP contribution >= 0.6 is 0 Å². The molecular formula is C9H12O3. The quantitative estimate of drug-likeness (QED) is 0.695. The third kappa shape index (κ3) is 1.95. The Balaban J connectivity index is 2.59. The number of carbonyl (C=O) groups excluding carboxylic acids is 1. The SMILES string of the molecule is CCCC(O)C(=O)c1ccoc1. The van der Waals surface area contributed by atoms with Gasteiger partial charge in [-0.3, -0.25) is 4.79 Å². The van der Waals surface area contributed by atoms with Crippen LogP contribution in [0.3, 0.4) is 0 Å². The van der Waals surface area contributed by atoms with Crippen LogP contribution in [0.5, 0.6) is 0 Å². The van der Waals surface area contributed by atoms with E-state index < -0.39 is 6.10 Å². The van der Waals surface area contributed by atoms with E-state index in [1.807, 2.05) is 6.92 Å². The lowest BCUT2D eigenvalue weighted by molar-refractivity contribution is 0.0728. The highest BCUT2D eigenvalue weighted by molar-refractivity contribution is 5.98. The van der Waals surface area contributed by atoms with Gasteiger partial charge in [0.1, 0.15) is 12.4 Å². The van der Waals surface area contributed by atoms with Crippen molar-refractivity contribution in [3.63, 3.8) is 0 Å². The summed E-state index contributed by atoms with van der Waals surface area (Å²) in [5.74, 6) is -0.259. The van der Waals surface area contributed by atoms with Crippen LogP contribution in [0.1, 0.15) is 30.1 Å². The molecule has 12 heavy (non-hydrogen) atoms. The summed E-state index contributed by atoms with van der Waals surface area (Å²) in [5.41, 5.74) is 0.441. The molecule has 0 saturated carbocycles. The topological polar surface area (TPSA) is 50.4 Å². The second kappa shape index (κ2) is 4.07. The van der Waals surface area contributed by atoms with Crippen molar-refractivity contribution in [1.29, 1.82) is 0 Å². The molecule has 1 aromatic heterocycles. The lowest BCUT2D eigenvalue weighted by Gasteiger charge is -2.04. The van der Waals surface area contributed by atoms with E-state index in [-0.39, 0.29) is 5.78 Å². The lowest BCUT2D eigenvalue weighted by Crippen LogP contribution is -2.19. The number of hydrogen-bond donors (Lipinski definition) is 1. The molecule has 0 saturated heterocycles. The second-order valence-corrected chi connectivity index (χ2v) is 2.68. The molecule has 1 aromatic rings. The van der Waals surface area contributed by atoms with E-state index in [1.54, 1.807) is 6.07 Å². The average molecular weight is 168 g/mol. The van der Waals surface area contributed by atoms with Crippen molar-refractivity contribution < 1.29 is 14.3 Å². The third-order valence-electron chi connectivity index (χ3n) is 1.67. The molecule has 1 N–H and O–H groups in total. The zero-order valence-electron chi connectivity index (χ0n) is 6.99. The number of ketones is 1. The van der Waals surface area contributed by atoms with E-state index in [4.69, 9.17) is 4.42 Å². The van der Waals surface area contributed by atoms with Gasteiger partial charge >= 0.3 is 0 Å². The maximum absolute atomic E-state index is 11.3. The van der Waals surface area contributed by atoms with Crippen molar-refractivity contribution in [2.24, 2.45) is 0 Å². The molecule has 0 fully saturated rings. The predicted molar refractivity (Wildman–Crippen MR) is 44.0 cm³/mol. The zero-order valence-corrected chi connectivity index (χ0v) is 6.99. The predicted octanol–water partition coefficient (Wildman–Crippen LogP) is 1.62. The van der Waals surface area contributed by atoms with Crippen LogP contribution in [0, 0.1) is 0 Å². The van der Waals surface area contributed by atoms with Gasteiger partial charge in [-0.15, -0.1) is 0 Å². The van der Waals surface area contributed by atoms with Gasteiger partial charge in [-0.2, -0.15) is 0 Å². The number of aliphatic hydroxyl groups is 1. The van der Waals surface area contributed by atoms with E-state index >= 15 is 0 Å². The molecule has 0 aromatic carbocycles. The average Bonchev–Trinajstić information content (AvgIpc) is 2.55. The van der Waals surface area contributed by atoms with Crippen LogP contribution in [-0.2, 0) is 0 Å². The Labute approximate surface area is 71.0 Å². The highest BCUT2D eigenvalue weighted by atomic mass is 16.3. The first-order valence-electron chi connectivity index (χ1n) is 4.00. The van der Waals surface area contributed by atoms with Crippen molar-refractivity contribution in [2.45, 2.75) is 25.9 Å². The molecule has 1 heterocycles. The summed E-state index contributed by atoms with van der Waals surface area (Å²) in [5, 5.41) is 9.30. The Bertz CT molecular complexity index is 238. The number of carbonyl (C=O) groups is 1. The second-order valence-electron chi connectivity index (χ2n) is 2.68. The molecule has 3 heteroatoms. The first kappa shape index (κ1) is 9.00. The molecule has 0 aliphatic carbocycles. The van der Waals surface area contributed by atoms with Gasteiger partial charge in [0.05, 0.1) is 11.8 Å². The number of aliphatic hydroxyl groups excluding tert-OH is 1. The smallest absolute Gasteiger partial charge is 0.194 e. The van der Waals surface area contributed by atoms with Crippen LogP contribution < -0.4 is 0 Å². The first-order chi connectivity index (χ1) is 5.75. The monoisotopic (exact) mass is 168 g/mol. The summed E-state index contributed by atoms with van der Waals surface area (Å²) in [6.45, 7) is 1.92. The van der Waals surface area contributed by atoms with E-state index in [9.17, 15) is 9.90 Å². The standard InChI is InChI=1S/C9H12O3/c1-2-3-8(10)9(11)7-4-5-12-6-7/h4-6,8,10H,2-3H2,1H3. The Hall–Kier alpha value is -1.09. The first-order valence-corrected chi connectivity index (χ1v) is 4.00. The summed E-state index contributed by atoms with van der Waals surface area (Å²) >= 11 is 0. The molecular weight excluding hydrogens is 156 g/mol. The fourth-order valence-electron chi connectivity index (χ4n) is 1.00. The van der Waals surface area contributed by atoms with E-state index in [2.05, 4.69) is 0 Å². The van der Waals surface area contributed by atoms with Crippen molar-refractivity contribution in [3.8, 4) is 0 Å². The molecule has 0 aliphatic heterocycles. The van der Waals surface area contributed by atoms with Crippen molar-refractivity contribution in [3.05, 3.63) is 24.2 Å². The van der Waals surface area contributed by atoms with Gasteiger partial charge in [0.15, 0.2) is 5.78 Å². The molecule has 0 amide bonds. The van der Waals surface area contributed by atoms with Gasteiger partial charge in [-0.25, -0.2) is 0 Å². The summed E-state index contributed by atoms with van der Waals surface area (Å²) in [4.78, 5) is 11.3. The molecule has 0 bridgehead atoms.